The van der Waals surface area contributed by atoms with Crippen LogP contribution < -0.4 is 21.3 Å². The summed E-state index contributed by atoms with van der Waals surface area (Å²) in [5, 5.41) is 3.29. The predicted octanol–water partition coefficient (Wildman–Crippen LogP) is 2.50. The Kier molecular flexibility index (Phi) is 5.56. The molecule has 3 rings (SSSR count). The zero-order valence-electron chi connectivity index (χ0n) is 14.8. The molecule has 3 aromatic rings. The van der Waals surface area contributed by atoms with Crippen LogP contribution in [0.4, 0.5) is 5.95 Å². The Morgan fingerprint density at radius 2 is 1.96 bits per heavy atom. The number of nitrogens with one attached hydrogen (secondary N) is 2. The Bertz CT molecular complexity index is 1060. The van der Waals surface area contributed by atoms with E-state index in [-0.39, 0.29) is 10.9 Å². The molecule has 9 heteroatoms. The number of aromatic nitrogens is 4. The van der Waals surface area contributed by atoms with Gasteiger partial charge >= 0.3 is 5.69 Å². The van der Waals surface area contributed by atoms with E-state index in [4.69, 9.17) is 16.3 Å². The lowest BCUT2D eigenvalue weighted by atomic mass is 10.1. The number of benzene rings is 1. The van der Waals surface area contributed by atoms with Gasteiger partial charge in [0.05, 0.1) is 6.20 Å². The molecule has 0 aliphatic carbocycles. The maximum Gasteiger partial charge on any atom is 0.328 e. The molecule has 2 heterocycles. The van der Waals surface area contributed by atoms with Gasteiger partial charge in [-0.1, -0.05) is 17.7 Å². The number of halogens is 1. The minimum absolute atomic E-state index is 0.236. The second kappa shape index (κ2) is 8.05. The summed E-state index contributed by atoms with van der Waals surface area (Å²) < 4.78 is 7.16. The first-order valence-electron chi connectivity index (χ1n) is 8.23. The molecule has 1 aromatic carbocycles. The molecule has 0 aliphatic rings. The molecule has 140 valence electrons. The molecule has 27 heavy (non-hydrogen) atoms. The standard InChI is InChI=1S/C18H18ClN5O3/c1-11-7-12(2)9-13(8-11)27-16-14(19)10-21-17(23-16)20-4-6-24-5-3-15(25)22-18(24)26/h3,5,7-10H,4,6H2,1-2H3,(H,20,21,23)(H,22,25,26). The molecule has 0 spiro atoms. The molecule has 0 saturated heterocycles. The maximum absolute atomic E-state index is 11.7. The lowest BCUT2D eigenvalue weighted by Gasteiger charge is -2.11. The number of H-pyrrole nitrogens is 1. The summed E-state index contributed by atoms with van der Waals surface area (Å²) in [6.07, 6.45) is 2.88. The Morgan fingerprint density at radius 3 is 2.67 bits per heavy atom. The Morgan fingerprint density at radius 1 is 1.22 bits per heavy atom. The summed E-state index contributed by atoms with van der Waals surface area (Å²) >= 11 is 6.13. The smallest absolute Gasteiger partial charge is 0.328 e. The van der Waals surface area contributed by atoms with Crippen molar-refractivity contribution < 1.29 is 4.74 Å². The first-order valence-corrected chi connectivity index (χ1v) is 8.61. The van der Waals surface area contributed by atoms with E-state index in [9.17, 15) is 9.59 Å². The molecule has 0 fully saturated rings. The molecule has 2 N–H and O–H groups in total. The lowest BCUT2D eigenvalue weighted by molar-refractivity contribution is 0.461. The van der Waals surface area contributed by atoms with E-state index in [0.29, 0.717) is 24.8 Å². The fourth-order valence-corrected chi connectivity index (χ4v) is 2.65. The molecule has 2 aromatic heterocycles. The van der Waals surface area contributed by atoms with Gasteiger partial charge in [0.15, 0.2) is 0 Å². The molecule has 0 radical (unpaired) electrons. The van der Waals surface area contributed by atoms with E-state index in [1.807, 2.05) is 32.0 Å². The number of rotatable bonds is 6. The molecular weight excluding hydrogens is 370 g/mol. The summed E-state index contributed by atoms with van der Waals surface area (Å²) in [6.45, 7) is 4.66. The van der Waals surface area contributed by atoms with Gasteiger partial charge in [0.1, 0.15) is 10.8 Å². The minimum Gasteiger partial charge on any atom is -0.437 e. The Labute approximate surface area is 159 Å². The number of aryl methyl sites for hydroxylation is 2. The van der Waals surface area contributed by atoms with Crippen molar-refractivity contribution in [3.8, 4) is 11.6 Å². The molecule has 0 unspecified atom stereocenters. The highest BCUT2D eigenvalue weighted by molar-refractivity contribution is 6.31. The second-order valence-corrected chi connectivity index (χ2v) is 6.41. The first kappa shape index (κ1) is 18.7. The molecule has 0 bridgehead atoms. The van der Waals surface area contributed by atoms with Gasteiger partial charge in [-0.2, -0.15) is 4.98 Å². The zero-order valence-corrected chi connectivity index (χ0v) is 15.6. The van der Waals surface area contributed by atoms with Crippen LogP contribution in [0.1, 0.15) is 11.1 Å². The van der Waals surface area contributed by atoms with Gasteiger partial charge in [0, 0.05) is 25.4 Å². The normalized spacial score (nSPS) is 10.6. The number of hydrogen-bond donors (Lipinski definition) is 2. The van der Waals surface area contributed by atoms with Gasteiger partial charge in [0.2, 0.25) is 11.8 Å². The molecule has 0 atom stereocenters. The SMILES string of the molecule is Cc1cc(C)cc(Oc2nc(NCCn3ccc(=O)[nH]c3=O)ncc2Cl)c1. The van der Waals surface area contributed by atoms with Gasteiger partial charge in [-0.05, 0) is 37.1 Å². The minimum atomic E-state index is -0.472. The van der Waals surface area contributed by atoms with Crippen molar-refractivity contribution in [3.63, 3.8) is 0 Å². The monoisotopic (exact) mass is 387 g/mol. The average molecular weight is 388 g/mol. The van der Waals surface area contributed by atoms with E-state index in [1.165, 1.54) is 23.0 Å². The average Bonchev–Trinajstić information content (AvgIpc) is 2.59. The van der Waals surface area contributed by atoms with Gasteiger partial charge in [-0.3, -0.25) is 14.3 Å². The third kappa shape index (κ3) is 4.95. The van der Waals surface area contributed by atoms with Crippen LogP contribution in [0.15, 0.2) is 46.2 Å². The van der Waals surface area contributed by atoms with E-state index in [0.717, 1.165) is 11.1 Å². The quantitative estimate of drug-likeness (QED) is 0.673. The molecule has 0 amide bonds. The summed E-state index contributed by atoms with van der Waals surface area (Å²) in [5.74, 6) is 1.19. The summed E-state index contributed by atoms with van der Waals surface area (Å²) in [5.41, 5.74) is 1.23. The summed E-state index contributed by atoms with van der Waals surface area (Å²) in [4.78, 5) is 33.3. The van der Waals surface area contributed by atoms with Crippen molar-refractivity contribution in [1.29, 1.82) is 0 Å². The molecule has 0 saturated carbocycles. The summed E-state index contributed by atoms with van der Waals surface area (Å²) in [6, 6.07) is 7.11. The first-order chi connectivity index (χ1) is 12.9. The topological polar surface area (TPSA) is 102 Å². The van der Waals surface area contributed by atoms with Crippen molar-refractivity contribution >= 4 is 17.5 Å². The van der Waals surface area contributed by atoms with Crippen LogP contribution in [-0.2, 0) is 6.54 Å². The Hall–Kier alpha value is -3.13. The Balaban J connectivity index is 1.69. The second-order valence-electron chi connectivity index (χ2n) is 6.00. The third-order valence-electron chi connectivity index (χ3n) is 3.65. The van der Waals surface area contributed by atoms with Crippen LogP contribution in [0.25, 0.3) is 0 Å². The van der Waals surface area contributed by atoms with Crippen molar-refractivity contribution in [1.82, 2.24) is 19.5 Å². The van der Waals surface area contributed by atoms with Crippen molar-refractivity contribution in [2.24, 2.45) is 0 Å². The highest BCUT2D eigenvalue weighted by Gasteiger charge is 2.09. The number of aromatic amines is 1. The van der Waals surface area contributed by atoms with E-state index in [2.05, 4.69) is 20.3 Å². The van der Waals surface area contributed by atoms with Gasteiger partial charge in [-0.25, -0.2) is 9.78 Å². The predicted molar refractivity (Wildman–Crippen MR) is 103 cm³/mol. The van der Waals surface area contributed by atoms with Crippen molar-refractivity contribution in [2.45, 2.75) is 20.4 Å². The third-order valence-corrected chi connectivity index (χ3v) is 3.91. The van der Waals surface area contributed by atoms with Crippen LogP contribution >= 0.6 is 11.6 Å². The number of nitrogens with zero attached hydrogens (tertiary/aromatic N) is 3. The number of ether oxygens (including phenoxy) is 1. The van der Waals surface area contributed by atoms with E-state index < -0.39 is 11.2 Å². The largest absolute Gasteiger partial charge is 0.437 e. The zero-order chi connectivity index (χ0) is 19.4. The van der Waals surface area contributed by atoms with Crippen molar-refractivity contribution in [2.75, 3.05) is 11.9 Å². The fraction of sp³-hybridized carbons (Fsp3) is 0.222. The highest BCUT2D eigenvalue weighted by atomic mass is 35.5. The fourth-order valence-electron chi connectivity index (χ4n) is 2.52. The van der Waals surface area contributed by atoms with Crippen molar-refractivity contribution in [3.05, 3.63) is 73.6 Å². The van der Waals surface area contributed by atoms with Crippen LogP contribution in [0.3, 0.4) is 0 Å². The molecule has 0 aliphatic heterocycles. The van der Waals surface area contributed by atoms with Gasteiger partial charge in [-0.15, -0.1) is 0 Å². The van der Waals surface area contributed by atoms with Crippen LogP contribution in [0, 0.1) is 13.8 Å². The van der Waals surface area contributed by atoms with Crippen LogP contribution in [0.5, 0.6) is 11.6 Å². The number of anilines is 1. The maximum atomic E-state index is 11.7. The van der Waals surface area contributed by atoms with E-state index >= 15 is 0 Å². The van der Waals surface area contributed by atoms with Gasteiger partial charge in [0.25, 0.3) is 5.56 Å². The molecular formula is C18H18ClN5O3. The lowest BCUT2D eigenvalue weighted by Crippen LogP contribution is -2.30. The number of hydrogen-bond acceptors (Lipinski definition) is 6. The van der Waals surface area contributed by atoms with Gasteiger partial charge < -0.3 is 10.1 Å². The van der Waals surface area contributed by atoms with Crippen LogP contribution in [-0.4, -0.2) is 26.1 Å². The van der Waals surface area contributed by atoms with Crippen LogP contribution in [0.2, 0.25) is 5.02 Å². The summed E-state index contributed by atoms with van der Waals surface area (Å²) in [7, 11) is 0. The van der Waals surface area contributed by atoms with E-state index in [1.54, 1.807) is 0 Å². The highest BCUT2D eigenvalue weighted by Crippen LogP contribution is 2.28. The molecule has 8 nitrogen and oxygen atoms in total.